The van der Waals surface area contributed by atoms with E-state index in [9.17, 15) is 14.4 Å². The number of likely N-dealkylation sites (tertiary alicyclic amines) is 1. The van der Waals surface area contributed by atoms with Gasteiger partial charge in [-0.3, -0.25) is 14.4 Å². The highest BCUT2D eigenvalue weighted by molar-refractivity contribution is 7.98. The Morgan fingerprint density at radius 1 is 1.11 bits per heavy atom. The van der Waals surface area contributed by atoms with E-state index in [0.29, 0.717) is 31.1 Å². The molecule has 4 rings (SSSR count). The third-order valence-electron chi connectivity index (χ3n) is 5.76. The summed E-state index contributed by atoms with van der Waals surface area (Å²) in [7, 11) is 0. The molecule has 3 amide bonds. The molecular formula is C20H25N3O3S. The van der Waals surface area contributed by atoms with E-state index in [-0.39, 0.29) is 18.0 Å². The van der Waals surface area contributed by atoms with Crippen molar-refractivity contribution < 1.29 is 14.4 Å². The molecule has 27 heavy (non-hydrogen) atoms. The molecule has 2 bridgehead atoms. The number of nitrogens with zero attached hydrogens (tertiary/aromatic N) is 2. The predicted octanol–water partition coefficient (Wildman–Crippen LogP) is 1.75. The molecule has 0 aromatic heterocycles. The lowest BCUT2D eigenvalue weighted by atomic mass is 10.1. The molecule has 6 nitrogen and oxygen atoms in total. The zero-order chi connectivity index (χ0) is 19.0. The first kappa shape index (κ1) is 18.3. The predicted molar refractivity (Wildman–Crippen MR) is 104 cm³/mol. The summed E-state index contributed by atoms with van der Waals surface area (Å²) in [5.74, 6) is -0.383. The summed E-state index contributed by atoms with van der Waals surface area (Å²) in [6.45, 7) is 1.49. The Bertz CT molecular complexity index is 751. The van der Waals surface area contributed by atoms with Gasteiger partial charge in [0.05, 0.1) is 12.1 Å². The van der Waals surface area contributed by atoms with Crippen LogP contribution in [0.3, 0.4) is 0 Å². The summed E-state index contributed by atoms with van der Waals surface area (Å²) in [5.41, 5.74) is 0.695. The maximum Gasteiger partial charge on any atom is 0.312 e. The standard InChI is InChI=1S/C20H25N3O3S/c1-27-17-4-2-3-14(9-17)19(25)23-15-7-8-16(23)12-22(11-15)20(26)18(24)21-10-13-5-6-13/h2-4,9,13,15-16H,5-8,10-12H2,1H3,(H,21,24). The van der Waals surface area contributed by atoms with Gasteiger partial charge in [0.2, 0.25) is 0 Å². The Morgan fingerprint density at radius 2 is 1.81 bits per heavy atom. The number of rotatable bonds is 4. The SMILES string of the molecule is CSc1cccc(C(=O)N2C3CCC2CN(C(=O)C(=O)NCC2CC2)C3)c1. The molecule has 1 N–H and O–H groups in total. The zero-order valence-corrected chi connectivity index (χ0v) is 16.3. The van der Waals surface area contributed by atoms with Crippen LogP contribution >= 0.6 is 11.8 Å². The molecule has 2 heterocycles. The van der Waals surface area contributed by atoms with E-state index in [1.165, 1.54) is 0 Å². The number of piperazine rings is 1. The Hall–Kier alpha value is -2.02. The number of nitrogens with one attached hydrogen (secondary N) is 1. The van der Waals surface area contributed by atoms with Gasteiger partial charge in [-0.15, -0.1) is 11.8 Å². The summed E-state index contributed by atoms with van der Waals surface area (Å²) >= 11 is 1.61. The molecule has 144 valence electrons. The van der Waals surface area contributed by atoms with Crippen molar-refractivity contribution >= 4 is 29.5 Å². The molecule has 1 aliphatic carbocycles. The highest BCUT2D eigenvalue weighted by atomic mass is 32.2. The molecule has 0 radical (unpaired) electrons. The molecule has 3 aliphatic rings. The molecule has 1 aromatic rings. The van der Waals surface area contributed by atoms with E-state index in [0.717, 1.165) is 30.6 Å². The third kappa shape index (κ3) is 3.83. The van der Waals surface area contributed by atoms with Crippen LogP contribution in [0.1, 0.15) is 36.0 Å². The van der Waals surface area contributed by atoms with Crippen LogP contribution in [0, 0.1) is 5.92 Å². The molecule has 2 saturated heterocycles. The lowest BCUT2D eigenvalue weighted by Gasteiger charge is -2.40. The smallest absolute Gasteiger partial charge is 0.312 e. The average Bonchev–Trinajstić information content (AvgIpc) is 3.49. The van der Waals surface area contributed by atoms with Crippen molar-refractivity contribution in [1.82, 2.24) is 15.1 Å². The van der Waals surface area contributed by atoms with Crippen molar-refractivity contribution in [2.24, 2.45) is 5.92 Å². The molecule has 2 atom stereocenters. The van der Waals surface area contributed by atoms with Crippen LogP contribution in [0.2, 0.25) is 0 Å². The molecule has 1 aromatic carbocycles. The topological polar surface area (TPSA) is 69.7 Å². The fraction of sp³-hybridized carbons (Fsp3) is 0.550. The Kier molecular flexibility index (Phi) is 5.12. The third-order valence-corrected chi connectivity index (χ3v) is 6.49. The molecule has 0 spiro atoms. The van der Waals surface area contributed by atoms with Gasteiger partial charge in [-0.2, -0.15) is 0 Å². The number of amides is 3. The number of carbonyl (C=O) groups excluding carboxylic acids is 3. The Morgan fingerprint density at radius 3 is 2.44 bits per heavy atom. The van der Waals surface area contributed by atoms with Crippen molar-refractivity contribution in [3.05, 3.63) is 29.8 Å². The van der Waals surface area contributed by atoms with Gasteiger partial charge in [0.25, 0.3) is 5.91 Å². The van der Waals surface area contributed by atoms with Gasteiger partial charge >= 0.3 is 11.8 Å². The van der Waals surface area contributed by atoms with Crippen molar-refractivity contribution in [1.29, 1.82) is 0 Å². The van der Waals surface area contributed by atoms with Gasteiger partial charge in [-0.25, -0.2) is 0 Å². The number of hydrogen-bond donors (Lipinski definition) is 1. The normalized spacial score (nSPS) is 24.0. The molecular weight excluding hydrogens is 362 g/mol. The van der Waals surface area contributed by atoms with Gasteiger partial charge in [0.15, 0.2) is 0 Å². The lowest BCUT2D eigenvalue weighted by molar-refractivity contribution is -0.147. The van der Waals surface area contributed by atoms with E-state index < -0.39 is 11.8 Å². The minimum Gasteiger partial charge on any atom is -0.348 e. The maximum atomic E-state index is 13.1. The largest absolute Gasteiger partial charge is 0.348 e. The summed E-state index contributed by atoms with van der Waals surface area (Å²) < 4.78 is 0. The van der Waals surface area contributed by atoms with Crippen LogP contribution in [0.5, 0.6) is 0 Å². The minimum atomic E-state index is -0.506. The van der Waals surface area contributed by atoms with E-state index in [1.807, 2.05) is 35.4 Å². The zero-order valence-electron chi connectivity index (χ0n) is 15.5. The highest BCUT2D eigenvalue weighted by Crippen LogP contribution is 2.32. The summed E-state index contributed by atoms with van der Waals surface area (Å²) in [6, 6.07) is 7.67. The molecule has 1 saturated carbocycles. The molecule has 3 fully saturated rings. The van der Waals surface area contributed by atoms with Crippen LogP contribution in [-0.2, 0) is 9.59 Å². The fourth-order valence-corrected chi connectivity index (χ4v) is 4.54. The summed E-state index contributed by atoms with van der Waals surface area (Å²) in [4.78, 5) is 42.3. The number of fused-ring (bicyclic) bond motifs is 2. The van der Waals surface area contributed by atoms with E-state index in [4.69, 9.17) is 0 Å². The molecule has 7 heteroatoms. The average molecular weight is 388 g/mol. The maximum absolute atomic E-state index is 13.1. The first-order chi connectivity index (χ1) is 13.1. The fourth-order valence-electron chi connectivity index (χ4n) is 4.08. The van der Waals surface area contributed by atoms with E-state index in [1.54, 1.807) is 16.7 Å². The van der Waals surface area contributed by atoms with Gasteiger partial charge in [0, 0.05) is 30.1 Å². The summed E-state index contributed by atoms with van der Waals surface area (Å²) in [6.07, 6.45) is 6.03. The second kappa shape index (κ2) is 7.54. The summed E-state index contributed by atoms with van der Waals surface area (Å²) in [5, 5.41) is 2.75. The van der Waals surface area contributed by atoms with Crippen molar-refractivity contribution in [2.75, 3.05) is 25.9 Å². The van der Waals surface area contributed by atoms with Crippen LogP contribution in [0.4, 0.5) is 0 Å². The number of thioether (sulfide) groups is 1. The van der Waals surface area contributed by atoms with Gasteiger partial charge < -0.3 is 15.1 Å². The van der Waals surface area contributed by atoms with Gasteiger partial charge in [0.1, 0.15) is 0 Å². The Balaban J connectivity index is 1.41. The highest BCUT2D eigenvalue weighted by Gasteiger charge is 2.45. The van der Waals surface area contributed by atoms with Crippen LogP contribution < -0.4 is 5.32 Å². The number of benzene rings is 1. The quantitative estimate of drug-likeness (QED) is 0.631. The lowest BCUT2D eigenvalue weighted by Crippen LogP contribution is -2.59. The molecule has 2 unspecified atom stereocenters. The van der Waals surface area contributed by atoms with E-state index in [2.05, 4.69) is 5.32 Å². The van der Waals surface area contributed by atoms with Crippen molar-refractivity contribution in [2.45, 2.75) is 42.7 Å². The first-order valence-corrected chi connectivity index (χ1v) is 10.8. The van der Waals surface area contributed by atoms with Crippen LogP contribution in [0.15, 0.2) is 29.2 Å². The van der Waals surface area contributed by atoms with Crippen molar-refractivity contribution in [3.8, 4) is 0 Å². The minimum absolute atomic E-state index is 0.00521. The second-order valence-electron chi connectivity index (χ2n) is 7.69. The molecule has 2 aliphatic heterocycles. The van der Waals surface area contributed by atoms with E-state index >= 15 is 0 Å². The number of hydrogen-bond acceptors (Lipinski definition) is 4. The van der Waals surface area contributed by atoms with Crippen LogP contribution in [-0.4, -0.2) is 65.5 Å². The number of carbonyl (C=O) groups is 3. The van der Waals surface area contributed by atoms with Crippen LogP contribution in [0.25, 0.3) is 0 Å². The van der Waals surface area contributed by atoms with Gasteiger partial charge in [-0.1, -0.05) is 6.07 Å². The second-order valence-corrected chi connectivity index (χ2v) is 8.57. The first-order valence-electron chi connectivity index (χ1n) is 9.60. The van der Waals surface area contributed by atoms with Gasteiger partial charge in [-0.05, 0) is 56.1 Å². The Labute approximate surface area is 163 Å². The monoisotopic (exact) mass is 387 g/mol. The van der Waals surface area contributed by atoms with Crippen molar-refractivity contribution in [3.63, 3.8) is 0 Å².